The van der Waals surface area contributed by atoms with Gasteiger partial charge in [0.25, 0.3) is 0 Å². The number of piperazine rings is 1. The van der Waals surface area contributed by atoms with Crippen molar-refractivity contribution in [2.24, 2.45) is 0 Å². The van der Waals surface area contributed by atoms with Gasteiger partial charge in [-0.3, -0.25) is 0 Å². The smallest absolute Gasteiger partial charge is 0.226 e. The number of anilines is 2. The topological polar surface area (TPSA) is 44.3 Å². The number of aromatic nitrogens is 2. The zero-order valence-electron chi connectivity index (χ0n) is 10.2. The van der Waals surface area contributed by atoms with Gasteiger partial charge in [0.15, 0.2) is 0 Å². The molecule has 0 aromatic carbocycles. The number of hydrogen-bond acceptors (Lipinski definition) is 5. The second-order valence-corrected chi connectivity index (χ2v) is 4.30. The van der Waals surface area contributed by atoms with Gasteiger partial charge in [-0.1, -0.05) is 0 Å². The number of rotatable bonds is 2. The SMILES string of the molecule is Cc1cc(N2CCNCC2)nc(N(C)C)n1. The number of nitrogens with zero attached hydrogens (tertiary/aromatic N) is 4. The Morgan fingerprint density at radius 2 is 1.94 bits per heavy atom. The molecule has 2 rings (SSSR count). The minimum atomic E-state index is 0.786. The maximum absolute atomic E-state index is 4.57. The van der Waals surface area contributed by atoms with Gasteiger partial charge in [0.1, 0.15) is 5.82 Å². The van der Waals surface area contributed by atoms with E-state index < -0.39 is 0 Å². The second kappa shape index (κ2) is 4.65. The van der Waals surface area contributed by atoms with Crippen LogP contribution in [0.4, 0.5) is 11.8 Å². The van der Waals surface area contributed by atoms with Gasteiger partial charge >= 0.3 is 0 Å². The lowest BCUT2D eigenvalue weighted by molar-refractivity contribution is 0.584. The van der Waals surface area contributed by atoms with Crippen molar-refractivity contribution >= 4 is 11.8 Å². The van der Waals surface area contributed by atoms with E-state index in [0.717, 1.165) is 43.6 Å². The normalized spacial score (nSPS) is 16.3. The maximum atomic E-state index is 4.57. The van der Waals surface area contributed by atoms with Crippen LogP contribution in [0.3, 0.4) is 0 Å². The molecule has 88 valence electrons. The van der Waals surface area contributed by atoms with Crippen LogP contribution in [-0.4, -0.2) is 50.2 Å². The van der Waals surface area contributed by atoms with Crippen molar-refractivity contribution < 1.29 is 0 Å². The molecule has 1 aromatic heterocycles. The molecule has 0 spiro atoms. The van der Waals surface area contributed by atoms with Crippen molar-refractivity contribution in [3.8, 4) is 0 Å². The highest BCUT2D eigenvalue weighted by Crippen LogP contribution is 2.16. The van der Waals surface area contributed by atoms with E-state index in [2.05, 4.69) is 26.3 Å². The quantitative estimate of drug-likeness (QED) is 0.776. The molecule has 5 heteroatoms. The van der Waals surface area contributed by atoms with E-state index in [0.29, 0.717) is 0 Å². The molecule has 0 saturated carbocycles. The van der Waals surface area contributed by atoms with Gasteiger partial charge < -0.3 is 15.1 Å². The lowest BCUT2D eigenvalue weighted by Gasteiger charge is -2.29. The van der Waals surface area contributed by atoms with Crippen LogP contribution in [0.15, 0.2) is 6.07 Å². The van der Waals surface area contributed by atoms with E-state index in [-0.39, 0.29) is 0 Å². The Kier molecular flexibility index (Phi) is 3.24. The van der Waals surface area contributed by atoms with Crippen LogP contribution in [0.25, 0.3) is 0 Å². The molecule has 2 heterocycles. The number of nitrogens with one attached hydrogen (secondary N) is 1. The zero-order chi connectivity index (χ0) is 11.5. The summed E-state index contributed by atoms with van der Waals surface area (Å²) in [6, 6.07) is 2.05. The molecule has 1 aliphatic heterocycles. The molecule has 1 aliphatic rings. The molecule has 0 aliphatic carbocycles. The van der Waals surface area contributed by atoms with Gasteiger partial charge in [-0.2, -0.15) is 4.98 Å². The predicted octanol–water partition coefficient (Wildman–Crippen LogP) is 0.261. The summed E-state index contributed by atoms with van der Waals surface area (Å²) in [5, 5.41) is 3.34. The molecule has 1 fully saturated rings. The molecular formula is C11H19N5. The monoisotopic (exact) mass is 221 g/mol. The Bertz CT molecular complexity index is 357. The minimum Gasteiger partial charge on any atom is -0.354 e. The first-order valence-corrected chi connectivity index (χ1v) is 5.65. The summed E-state index contributed by atoms with van der Waals surface area (Å²) >= 11 is 0. The number of aryl methyl sites for hydroxylation is 1. The van der Waals surface area contributed by atoms with Gasteiger partial charge in [0.05, 0.1) is 0 Å². The van der Waals surface area contributed by atoms with Crippen LogP contribution >= 0.6 is 0 Å². The summed E-state index contributed by atoms with van der Waals surface area (Å²) in [6.45, 7) is 6.10. The summed E-state index contributed by atoms with van der Waals surface area (Å²) in [5.74, 6) is 1.83. The van der Waals surface area contributed by atoms with Crippen molar-refractivity contribution in [2.75, 3.05) is 50.1 Å². The van der Waals surface area contributed by atoms with Crippen LogP contribution in [0, 0.1) is 6.92 Å². The van der Waals surface area contributed by atoms with Crippen LogP contribution in [0.5, 0.6) is 0 Å². The predicted molar refractivity (Wildman–Crippen MR) is 66.2 cm³/mol. The fraction of sp³-hybridized carbons (Fsp3) is 0.636. The molecule has 1 saturated heterocycles. The fourth-order valence-electron chi connectivity index (χ4n) is 1.79. The molecule has 0 unspecified atom stereocenters. The van der Waals surface area contributed by atoms with Crippen molar-refractivity contribution in [1.82, 2.24) is 15.3 Å². The van der Waals surface area contributed by atoms with Gasteiger partial charge in [-0.15, -0.1) is 0 Å². The van der Waals surface area contributed by atoms with Gasteiger partial charge in [0.2, 0.25) is 5.95 Å². The Labute approximate surface area is 96.5 Å². The van der Waals surface area contributed by atoms with Crippen molar-refractivity contribution in [2.45, 2.75) is 6.92 Å². The minimum absolute atomic E-state index is 0.786. The third-order valence-electron chi connectivity index (χ3n) is 2.67. The van der Waals surface area contributed by atoms with Gasteiger partial charge in [-0.05, 0) is 6.92 Å². The molecule has 0 amide bonds. The highest BCUT2D eigenvalue weighted by molar-refractivity contribution is 5.45. The molecule has 0 bridgehead atoms. The molecule has 1 N–H and O–H groups in total. The maximum Gasteiger partial charge on any atom is 0.226 e. The Morgan fingerprint density at radius 3 is 2.56 bits per heavy atom. The molecule has 5 nitrogen and oxygen atoms in total. The van der Waals surface area contributed by atoms with Crippen LogP contribution in [-0.2, 0) is 0 Å². The summed E-state index contributed by atoms with van der Waals surface area (Å²) in [5.41, 5.74) is 1.02. The first-order valence-electron chi connectivity index (χ1n) is 5.65. The van der Waals surface area contributed by atoms with Crippen molar-refractivity contribution in [3.63, 3.8) is 0 Å². The molecular weight excluding hydrogens is 202 g/mol. The van der Waals surface area contributed by atoms with Crippen LogP contribution < -0.4 is 15.1 Å². The van der Waals surface area contributed by atoms with E-state index >= 15 is 0 Å². The molecule has 0 radical (unpaired) electrons. The van der Waals surface area contributed by atoms with E-state index in [4.69, 9.17) is 0 Å². The van der Waals surface area contributed by atoms with Crippen molar-refractivity contribution in [3.05, 3.63) is 11.8 Å². The van der Waals surface area contributed by atoms with E-state index in [9.17, 15) is 0 Å². The highest BCUT2D eigenvalue weighted by Gasteiger charge is 2.13. The third kappa shape index (κ3) is 2.41. The average Bonchev–Trinajstić information content (AvgIpc) is 2.29. The Balaban J connectivity index is 2.25. The molecule has 16 heavy (non-hydrogen) atoms. The Morgan fingerprint density at radius 1 is 1.25 bits per heavy atom. The third-order valence-corrected chi connectivity index (χ3v) is 2.67. The largest absolute Gasteiger partial charge is 0.354 e. The fourth-order valence-corrected chi connectivity index (χ4v) is 1.79. The van der Waals surface area contributed by atoms with Crippen molar-refractivity contribution in [1.29, 1.82) is 0 Å². The zero-order valence-corrected chi connectivity index (χ0v) is 10.2. The summed E-state index contributed by atoms with van der Waals surface area (Å²) in [4.78, 5) is 13.2. The van der Waals surface area contributed by atoms with Crippen LogP contribution in [0.2, 0.25) is 0 Å². The molecule has 0 atom stereocenters. The first kappa shape index (κ1) is 11.1. The van der Waals surface area contributed by atoms with Crippen LogP contribution in [0.1, 0.15) is 5.69 Å². The van der Waals surface area contributed by atoms with Gasteiger partial charge in [0, 0.05) is 52.0 Å². The summed E-state index contributed by atoms with van der Waals surface area (Å²) in [6.07, 6.45) is 0. The van der Waals surface area contributed by atoms with E-state index in [1.807, 2.05) is 25.9 Å². The van der Waals surface area contributed by atoms with Gasteiger partial charge in [-0.25, -0.2) is 4.98 Å². The van der Waals surface area contributed by atoms with E-state index in [1.165, 1.54) is 0 Å². The lowest BCUT2D eigenvalue weighted by Crippen LogP contribution is -2.44. The average molecular weight is 221 g/mol. The number of hydrogen-bond donors (Lipinski definition) is 1. The first-order chi connectivity index (χ1) is 7.66. The second-order valence-electron chi connectivity index (χ2n) is 4.30. The Hall–Kier alpha value is -1.36. The van der Waals surface area contributed by atoms with E-state index in [1.54, 1.807) is 0 Å². The summed E-state index contributed by atoms with van der Waals surface area (Å²) < 4.78 is 0. The lowest BCUT2D eigenvalue weighted by atomic mass is 10.3. The highest BCUT2D eigenvalue weighted by atomic mass is 15.3. The molecule has 1 aromatic rings. The summed E-state index contributed by atoms with van der Waals surface area (Å²) in [7, 11) is 3.94. The standard InChI is InChI=1S/C11H19N5/c1-9-8-10(14-11(13-9)15(2)3)16-6-4-12-5-7-16/h8,12H,4-7H2,1-3H3.